The molecule has 0 atom stereocenters. The molecule has 0 aliphatic rings. The molecular weight excluding hydrogens is 329 g/mol. The molecule has 0 fully saturated rings. The third kappa shape index (κ3) is 3.16. The lowest BCUT2D eigenvalue weighted by Gasteiger charge is -2.11. The molecule has 1 amide bonds. The first-order valence-corrected chi connectivity index (χ1v) is 7.30. The highest BCUT2D eigenvalue weighted by Gasteiger charge is 2.16. The Morgan fingerprint density at radius 1 is 1.20 bits per heavy atom. The summed E-state index contributed by atoms with van der Waals surface area (Å²) in [5, 5.41) is 10.1. The number of nitrogens with zero attached hydrogens (tertiary/aromatic N) is 1. The Hall–Kier alpha value is -3.35. The Kier molecular flexibility index (Phi) is 4.14. The van der Waals surface area contributed by atoms with Crippen LogP contribution in [0.25, 0.3) is 22.1 Å². The lowest BCUT2D eigenvalue weighted by molar-refractivity contribution is 0.172. The van der Waals surface area contributed by atoms with E-state index in [9.17, 15) is 19.1 Å². The number of carbonyl (C=O) groups is 1. The van der Waals surface area contributed by atoms with Crippen molar-refractivity contribution in [3.63, 3.8) is 0 Å². The molecular formula is C18H14FNO5. The number of ether oxygens (including phenoxy) is 1. The van der Waals surface area contributed by atoms with E-state index >= 15 is 0 Å². The molecule has 7 heteroatoms. The second kappa shape index (κ2) is 6.27. The summed E-state index contributed by atoms with van der Waals surface area (Å²) in [6.07, 6.45) is 0.582. The molecule has 0 aliphatic heterocycles. The van der Waals surface area contributed by atoms with Gasteiger partial charge in [0, 0.05) is 26.2 Å². The van der Waals surface area contributed by atoms with Gasteiger partial charge in [0.2, 0.25) is 5.43 Å². The Labute approximate surface area is 141 Å². The van der Waals surface area contributed by atoms with Gasteiger partial charge in [0.15, 0.2) is 0 Å². The smallest absolute Gasteiger partial charge is 0.414 e. The molecule has 1 heterocycles. The van der Waals surface area contributed by atoms with Gasteiger partial charge < -0.3 is 19.2 Å². The summed E-state index contributed by atoms with van der Waals surface area (Å²) in [6.45, 7) is 0. The molecule has 3 rings (SSSR count). The van der Waals surface area contributed by atoms with Crippen molar-refractivity contribution in [1.82, 2.24) is 4.90 Å². The van der Waals surface area contributed by atoms with Crippen molar-refractivity contribution in [2.75, 3.05) is 14.1 Å². The highest BCUT2D eigenvalue weighted by atomic mass is 19.1. The predicted octanol–water partition coefficient (Wildman–Crippen LogP) is 3.37. The highest BCUT2D eigenvalue weighted by Crippen LogP contribution is 2.30. The van der Waals surface area contributed by atoms with Gasteiger partial charge in [-0.2, -0.15) is 0 Å². The van der Waals surface area contributed by atoms with E-state index < -0.39 is 17.3 Å². The lowest BCUT2D eigenvalue weighted by Crippen LogP contribution is -2.25. The van der Waals surface area contributed by atoms with Gasteiger partial charge in [-0.25, -0.2) is 9.18 Å². The van der Waals surface area contributed by atoms with Crippen molar-refractivity contribution in [2.24, 2.45) is 0 Å². The highest BCUT2D eigenvalue weighted by molar-refractivity contribution is 5.88. The Bertz CT molecular complexity index is 1010. The molecule has 1 N–H and O–H groups in total. The van der Waals surface area contributed by atoms with Crippen LogP contribution in [0.4, 0.5) is 9.18 Å². The molecule has 0 aliphatic carbocycles. The molecule has 1 aromatic heterocycles. The standard InChI is InChI=1S/C18H14FNO5/c1-20(2)18(23)25-12-7-14(21)16-15(8-12)24-9-13(17(16)22)10-3-5-11(19)6-4-10/h3-9,21H,1-2H3. The summed E-state index contributed by atoms with van der Waals surface area (Å²) in [7, 11) is 3.02. The van der Waals surface area contributed by atoms with Crippen LogP contribution < -0.4 is 10.2 Å². The summed E-state index contributed by atoms with van der Waals surface area (Å²) in [5.41, 5.74) is 0.230. The number of aromatic hydroxyl groups is 1. The van der Waals surface area contributed by atoms with Crippen LogP contribution in [0.3, 0.4) is 0 Å². The summed E-state index contributed by atoms with van der Waals surface area (Å²) in [4.78, 5) is 25.5. The third-order valence-corrected chi connectivity index (χ3v) is 3.56. The van der Waals surface area contributed by atoms with E-state index in [2.05, 4.69) is 0 Å². The average molecular weight is 343 g/mol. The van der Waals surface area contributed by atoms with Gasteiger partial charge in [-0.3, -0.25) is 4.79 Å². The maximum Gasteiger partial charge on any atom is 0.414 e. The van der Waals surface area contributed by atoms with Crippen molar-refractivity contribution in [3.05, 3.63) is 58.7 Å². The number of amides is 1. The molecule has 6 nitrogen and oxygen atoms in total. The molecule has 3 aromatic rings. The van der Waals surface area contributed by atoms with Crippen LogP contribution in [0.15, 0.2) is 51.9 Å². The van der Waals surface area contributed by atoms with Crippen LogP contribution in [-0.2, 0) is 0 Å². The van der Waals surface area contributed by atoms with Crippen LogP contribution in [-0.4, -0.2) is 30.2 Å². The fourth-order valence-corrected chi connectivity index (χ4v) is 2.29. The summed E-state index contributed by atoms with van der Waals surface area (Å²) >= 11 is 0. The number of hydrogen-bond acceptors (Lipinski definition) is 5. The Morgan fingerprint density at radius 2 is 1.88 bits per heavy atom. The summed E-state index contributed by atoms with van der Waals surface area (Å²) in [6, 6.07) is 7.84. The molecule has 0 saturated carbocycles. The molecule has 2 aromatic carbocycles. The third-order valence-electron chi connectivity index (χ3n) is 3.56. The maximum absolute atomic E-state index is 13.0. The van der Waals surface area contributed by atoms with E-state index in [0.29, 0.717) is 5.56 Å². The van der Waals surface area contributed by atoms with Gasteiger partial charge in [0.05, 0.1) is 5.56 Å². The minimum absolute atomic E-state index is 0.0429. The van der Waals surface area contributed by atoms with Crippen LogP contribution in [0, 0.1) is 5.82 Å². The van der Waals surface area contributed by atoms with Crippen molar-refractivity contribution in [2.45, 2.75) is 0 Å². The number of carbonyl (C=O) groups excluding carboxylic acids is 1. The summed E-state index contributed by atoms with van der Waals surface area (Å²) < 4.78 is 23.5. The molecule has 0 radical (unpaired) electrons. The van der Waals surface area contributed by atoms with E-state index in [1.54, 1.807) is 0 Å². The van der Waals surface area contributed by atoms with Gasteiger partial charge in [-0.15, -0.1) is 0 Å². The normalized spacial score (nSPS) is 10.7. The molecule has 128 valence electrons. The van der Waals surface area contributed by atoms with Crippen LogP contribution >= 0.6 is 0 Å². The predicted molar refractivity (Wildman–Crippen MR) is 89.3 cm³/mol. The zero-order chi connectivity index (χ0) is 18.1. The number of rotatable bonds is 2. The second-order valence-electron chi connectivity index (χ2n) is 5.56. The van der Waals surface area contributed by atoms with Crippen LogP contribution in [0.5, 0.6) is 11.5 Å². The fraction of sp³-hybridized carbons (Fsp3) is 0.111. The van der Waals surface area contributed by atoms with E-state index in [1.807, 2.05) is 0 Å². The SMILES string of the molecule is CN(C)C(=O)Oc1cc(O)c2c(=O)c(-c3ccc(F)cc3)coc2c1. The monoisotopic (exact) mass is 343 g/mol. The first-order chi connectivity index (χ1) is 11.9. The zero-order valence-corrected chi connectivity index (χ0v) is 13.4. The number of fused-ring (bicyclic) bond motifs is 1. The second-order valence-corrected chi connectivity index (χ2v) is 5.56. The minimum atomic E-state index is -0.635. The summed E-state index contributed by atoms with van der Waals surface area (Å²) in [5.74, 6) is -0.762. The number of hydrogen-bond donors (Lipinski definition) is 1. The van der Waals surface area contributed by atoms with Crippen LogP contribution in [0.1, 0.15) is 0 Å². The van der Waals surface area contributed by atoms with E-state index in [-0.39, 0.29) is 28.0 Å². The lowest BCUT2D eigenvalue weighted by atomic mass is 10.1. The fourth-order valence-electron chi connectivity index (χ4n) is 2.29. The Morgan fingerprint density at radius 3 is 2.52 bits per heavy atom. The number of phenolic OH excluding ortho intramolecular Hbond substituents is 1. The number of halogens is 1. The molecule has 25 heavy (non-hydrogen) atoms. The van der Waals surface area contributed by atoms with Crippen molar-refractivity contribution < 1.29 is 23.4 Å². The van der Waals surface area contributed by atoms with Crippen molar-refractivity contribution in [1.29, 1.82) is 0 Å². The van der Waals surface area contributed by atoms with Crippen molar-refractivity contribution >= 4 is 17.1 Å². The first-order valence-electron chi connectivity index (χ1n) is 7.30. The zero-order valence-electron chi connectivity index (χ0n) is 13.4. The van der Waals surface area contributed by atoms with Gasteiger partial charge in [-0.1, -0.05) is 12.1 Å². The minimum Gasteiger partial charge on any atom is -0.507 e. The van der Waals surface area contributed by atoms with Gasteiger partial charge in [0.25, 0.3) is 0 Å². The van der Waals surface area contributed by atoms with Crippen molar-refractivity contribution in [3.8, 4) is 22.6 Å². The Balaban J connectivity index is 2.10. The average Bonchev–Trinajstić information content (AvgIpc) is 2.55. The van der Waals surface area contributed by atoms with E-state index in [4.69, 9.17) is 9.15 Å². The quantitative estimate of drug-likeness (QED) is 0.772. The maximum atomic E-state index is 13.0. The van der Waals surface area contributed by atoms with Gasteiger partial charge in [0.1, 0.15) is 34.5 Å². The van der Waals surface area contributed by atoms with Gasteiger partial charge >= 0.3 is 6.09 Å². The topological polar surface area (TPSA) is 80.0 Å². The first kappa shape index (κ1) is 16.5. The molecule has 0 bridgehead atoms. The largest absolute Gasteiger partial charge is 0.507 e. The van der Waals surface area contributed by atoms with E-state index in [1.165, 1.54) is 55.6 Å². The van der Waals surface area contributed by atoms with E-state index in [0.717, 1.165) is 6.07 Å². The molecule has 0 saturated heterocycles. The van der Waals surface area contributed by atoms with Crippen LogP contribution in [0.2, 0.25) is 0 Å². The number of benzene rings is 2. The molecule has 0 unspecified atom stereocenters. The van der Waals surface area contributed by atoms with Gasteiger partial charge in [-0.05, 0) is 17.7 Å². The molecule has 0 spiro atoms. The number of phenols is 1.